The van der Waals surface area contributed by atoms with Crippen molar-refractivity contribution in [1.29, 1.82) is 0 Å². The van der Waals surface area contributed by atoms with Crippen LogP contribution >= 0.6 is 0 Å². The maximum absolute atomic E-state index is 12.1. The van der Waals surface area contributed by atoms with E-state index >= 15 is 0 Å². The van der Waals surface area contributed by atoms with Gasteiger partial charge in [-0.1, -0.05) is 0 Å². The van der Waals surface area contributed by atoms with Crippen LogP contribution in [0, 0.1) is 0 Å². The molecule has 118 valence electrons. The van der Waals surface area contributed by atoms with Gasteiger partial charge in [0.25, 0.3) is 0 Å². The third-order valence-corrected chi connectivity index (χ3v) is 4.56. The van der Waals surface area contributed by atoms with Gasteiger partial charge in [-0.2, -0.15) is 0 Å². The third kappa shape index (κ3) is 5.33. The van der Waals surface area contributed by atoms with Crippen molar-refractivity contribution in [2.75, 3.05) is 7.11 Å². The highest BCUT2D eigenvalue weighted by Crippen LogP contribution is 2.16. The highest BCUT2D eigenvalue weighted by molar-refractivity contribution is 7.89. The molecule has 0 fully saturated rings. The van der Waals surface area contributed by atoms with Gasteiger partial charge in [-0.3, -0.25) is 4.79 Å². The summed E-state index contributed by atoms with van der Waals surface area (Å²) in [6.45, 7) is 1.66. The van der Waals surface area contributed by atoms with E-state index in [1.54, 1.807) is 19.1 Å². The Kier molecular flexibility index (Phi) is 6.13. The summed E-state index contributed by atoms with van der Waals surface area (Å²) in [6.07, 6.45) is 0.532. The average molecular weight is 316 g/mol. The second-order valence-electron chi connectivity index (χ2n) is 4.72. The predicted octanol–water partition coefficient (Wildman–Crippen LogP) is 0.554. The van der Waals surface area contributed by atoms with Crippen molar-refractivity contribution in [2.45, 2.75) is 36.7 Å². The van der Waals surface area contributed by atoms with Crippen LogP contribution in [0.25, 0.3) is 0 Å². The molecule has 0 aliphatic carbocycles. The number of aliphatic carboxylic acids is 1. The Morgan fingerprint density at radius 2 is 1.90 bits per heavy atom. The van der Waals surface area contributed by atoms with E-state index in [0.29, 0.717) is 12.2 Å². The Hall–Kier alpha value is -1.64. The summed E-state index contributed by atoms with van der Waals surface area (Å²) < 4.78 is 31.7. The Balaban J connectivity index is 2.64. The van der Waals surface area contributed by atoms with E-state index in [1.165, 1.54) is 19.2 Å². The van der Waals surface area contributed by atoms with Crippen LogP contribution in [0.15, 0.2) is 29.2 Å². The Bertz CT molecular complexity index is 571. The first-order chi connectivity index (χ1) is 9.76. The number of benzene rings is 1. The fraction of sp³-hybridized carbons (Fsp3) is 0.462. The summed E-state index contributed by atoms with van der Waals surface area (Å²) in [5.74, 6) is -0.533. The number of methoxy groups -OCH3 is 1. The highest BCUT2D eigenvalue weighted by Gasteiger charge is 2.19. The lowest BCUT2D eigenvalue weighted by Gasteiger charge is -2.15. The number of ether oxygens (including phenoxy) is 1. The summed E-state index contributed by atoms with van der Waals surface area (Å²) in [5, 5.41) is 8.68. The molecule has 0 bridgehead atoms. The summed E-state index contributed by atoms with van der Waals surface area (Å²) in [7, 11) is -2.15. The highest BCUT2D eigenvalue weighted by atomic mass is 32.2. The first-order valence-electron chi connectivity index (χ1n) is 6.41. The lowest BCUT2D eigenvalue weighted by molar-refractivity contribution is -0.138. The van der Waals surface area contributed by atoms with Crippen molar-refractivity contribution in [1.82, 2.24) is 4.72 Å². The fourth-order valence-electron chi connectivity index (χ4n) is 1.70. The maximum atomic E-state index is 12.1. The van der Waals surface area contributed by atoms with Gasteiger partial charge in [0.05, 0.1) is 12.0 Å². The van der Waals surface area contributed by atoms with Gasteiger partial charge in [-0.25, -0.2) is 13.1 Å². The zero-order valence-electron chi connectivity index (χ0n) is 11.9. The Labute approximate surface area is 124 Å². The molecular weight excluding hydrogens is 296 g/mol. The second-order valence-corrected chi connectivity index (χ2v) is 6.43. The number of nitrogens with two attached hydrogens (primary N) is 1. The number of rotatable bonds is 8. The van der Waals surface area contributed by atoms with Crippen molar-refractivity contribution < 1.29 is 23.1 Å². The van der Waals surface area contributed by atoms with E-state index in [0.717, 1.165) is 0 Å². The minimum absolute atomic E-state index is 0.123. The van der Waals surface area contributed by atoms with E-state index in [4.69, 9.17) is 15.6 Å². The zero-order chi connectivity index (χ0) is 16.0. The van der Waals surface area contributed by atoms with Crippen molar-refractivity contribution in [2.24, 2.45) is 5.73 Å². The molecule has 1 rings (SSSR count). The first kappa shape index (κ1) is 17.4. The number of carboxylic acid groups (broad SMARTS) is 1. The summed E-state index contributed by atoms with van der Waals surface area (Å²) >= 11 is 0. The third-order valence-electron chi connectivity index (χ3n) is 2.95. The van der Waals surface area contributed by atoms with Crippen LogP contribution in [0.5, 0.6) is 5.75 Å². The number of nitrogens with one attached hydrogen (secondary N) is 1. The van der Waals surface area contributed by atoms with E-state index < -0.39 is 28.1 Å². The molecule has 4 N–H and O–H groups in total. The van der Waals surface area contributed by atoms with Crippen LogP contribution in [0.2, 0.25) is 0 Å². The van der Waals surface area contributed by atoms with E-state index in [-0.39, 0.29) is 11.3 Å². The molecular formula is C13H20N2O5S. The summed E-state index contributed by atoms with van der Waals surface area (Å²) in [4.78, 5) is 10.7. The van der Waals surface area contributed by atoms with Crippen molar-refractivity contribution >= 4 is 16.0 Å². The summed E-state index contributed by atoms with van der Waals surface area (Å²) in [5.41, 5.74) is 5.38. The minimum Gasteiger partial charge on any atom is -0.497 e. The second kappa shape index (κ2) is 7.39. The van der Waals surface area contributed by atoms with Crippen LogP contribution in [-0.2, 0) is 14.8 Å². The zero-order valence-corrected chi connectivity index (χ0v) is 12.8. The van der Waals surface area contributed by atoms with Crippen molar-refractivity contribution in [3.05, 3.63) is 24.3 Å². The molecule has 7 nitrogen and oxygen atoms in total. The average Bonchev–Trinajstić information content (AvgIpc) is 2.44. The SMILES string of the molecule is COc1ccc(S(=O)(=O)NC(C)CC[C@H](N)C(=O)O)cc1. The number of carbonyl (C=O) groups is 1. The van der Waals surface area contributed by atoms with Gasteiger partial charge in [0.15, 0.2) is 0 Å². The van der Waals surface area contributed by atoms with Crippen LogP contribution in [0.1, 0.15) is 19.8 Å². The standard InChI is InChI=1S/C13H20N2O5S/c1-9(3-8-12(14)13(16)17)15-21(18,19)11-6-4-10(20-2)5-7-11/h4-7,9,12,15H,3,8,14H2,1-2H3,(H,16,17)/t9?,12-/m0/s1. The minimum atomic E-state index is -3.65. The van der Waals surface area contributed by atoms with Gasteiger partial charge in [-0.05, 0) is 44.0 Å². The molecule has 0 amide bonds. The molecule has 0 spiro atoms. The molecule has 0 saturated heterocycles. The molecule has 8 heteroatoms. The van der Waals surface area contributed by atoms with Gasteiger partial charge < -0.3 is 15.6 Å². The molecule has 1 aromatic rings. The molecule has 0 aliphatic heterocycles. The normalized spacial score (nSPS) is 14.4. The van der Waals surface area contributed by atoms with Gasteiger partial charge in [-0.15, -0.1) is 0 Å². The van der Waals surface area contributed by atoms with Gasteiger partial charge in [0.1, 0.15) is 11.8 Å². The number of carboxylic acids is 1. The lowest BCUT2D eigenvalue weighted by Crippen LogP contribution is -2.36. The van der Waals surface area contributed by atoms with Gasteiger partial charge >= 0.3 is 5.97 Å². The Morgan fingerprint density at radius 3 is 2.38 bits per heavy atom. The number of hydrogen-bond donors (Lipinski definition) is 3. The number of sulfonamides is 1. The van der Waals surface area contributed by atoms with Crippen LogP contribution < -0.4 is 15.2 Å². The molecule has 21 heavy (non-hydrogen) atoms. The van der Waals surface area contributed by atoms with Crippen LogP contribution in [0.4, 0.5) is 0 Å². The monoisotopic (exact) mass is 316 g/mol. The molecule has 0 radical (unpaired) electrons. The smallest absolute Gasteiger partial charge is 0.320 e. The van der Waals surface area contributed by atoms with Crippen LogP contribution in [0.3, 0.4) is 0 Å². The Morgan fingerprint density at radius 1 is 1.33 bits per heavy atom. The van der Waals surface area contributed by atoms with Crippen LogP contribution in [-0.4, -0.2) is 38.7 Å². The van der Waals surface area contributed by atoms with Crippen molar-refractivity contribution in [3.8, 4) is 5.75 Å². The predicted molar refractivity (Wildman–Crippen MR) is 77.6 cm³/mol. The lowest BCUT2D eigenvalue weighted by atomic mass is 10.1. The molecule has 0 aromatic heterocycles. The fourth-order valence-corrected chi connectivity index (χ4v) is 2.98. The number of hydrogen-bond acceptors (Lipinski definition) is 5. The molecule has 2 atom stereocenters. The van der Waals surface area contributed by atoms with E-state index in [2.05, 4.69) is 4.72 Å². The topological polar surface area (TPSA) is 119 Å². The van der Waals surface area contributed by atoms with Crippen molar-refractivity contribution in [3.63, 3.8) is 0 Å². The molecule has 0 saturated carbocycles. The van der Waals surface area contributed by atoms with Gasteiger partial charge in [0, 0.05) is 6.04 Å². The quantitative estimate of drug-likeness (QED) is 0.644. The largest absolute Gasteiger partial charge is 0.497 e. The molecule has 1 unspecified atom stereocenters. The molecule has 0 heterocycles. The van der Waals surface area contributed by atoms with E-state index in [1.807, 2.05) is 0 Å². The molecule has 1 aromatic carbocycles. The maximum Gasteiger partial charge on any atom is 0.320 e. The summed E-state index contributed by atoms with van der Waals surface area (Å²) in [6, 6.07) is 4.59. The van der Waals surface area contributed by atoms with Gasteiger partial charge in [0.2, 0.25) is 10.0 Å². The first-order valence-corrected chi connectivity index (χ1v) is 7.89. The molecule has 0 aliphatic rings. The van der Waals surface area contributed by atoms with E-state index in [9.17, 15) is 13.2 Å².